The van der Waals surface area contributed by atoms with Crippen LogP contribution in [0.5, 0.6) is 0 Å². The van der Waals surface area contributed by atoms with Gasteiger partial charge in [-0.05, 0) is 51.3 Å². The summed E-state index contributed by atoms with van der Waals surface area (Å²) in [6, 6.07) is 8.91. The molecule has 0 unspecified atom stereocenters. The first-order valence-electron chi connectivity index (χ1n) is 10.5. The molecule has 0 aliphatic carbocycles. The summed E-state index contributed by atoms with van der Waals surface area (Å²) < 4.78 is 25.2. The molecule has 1 aromatic heterocycles. The molecule has 3 rings (SSSR count). The molecule has 1 fully saturated rings. The van der Waals surface area contributed by atoms with E-state index in [2.05, 4.69) is 19.6 Å². The van der Waals surface area contributed by atoms with Gasteiger partial charge in [-0.2, -0.15) is 0 Å². The molecule has 164 valence electrons. The van der Waals surface area contributed by atoms with Crippen LogP contribution >= 0.6 is 0 Å². The second-order valence-electron chi connectivity index (χ2n) is 10.2. The Hall–Kier alpha value is -1.61. The van der Waals surface area contributed by atoms with E-state index in [9.17, 15) is 4.79 Å². The molecule has 0 saturated carbocycles. The number of hydrogen-bond donors (Lipinski definition) is 0. The normalized spacial score (nSPS) is 18.2. The summed E-state index contributed by atoms with van der Waals surface area (Å²) in [5, 5.41) is 0.949. The van der Waals surface area contributed by atoms with Crippen molar-refractivity contribution in [1.82, 2.24) is 4.57 Å². The van der Waals surface area contributed by atoms with E-state index in [4.69, 9.17) is 18.8 Å². The summed E-state index contributed by atoms with van der Waals surface area (Å²) in [6.45, 7) is 16.1. The molecular formula is C22H34BNO5Si. The Kier molecular flexibility index (Phi) is 6.26. The molecule has 1 aliphatic heterocycles. The largest absolute Gasteiger partial charge is 0.494 e. The molecule has 0 atom stereocenters. The van der Waals surface area contributed by atoms with Crippen LogP contribution in [0, 0.1) is 0 Å². The quantitative estimate of drug-likeness (QED) is 0.376. The molecule has 0 amide bonds. The summed E-state index contributed by atoms with van der Waals surface area (Å²) in [5.74, 6) is -0.378. The average molecular weight is 431 g/mol. The third kappa shape index (κ3) is 4.67. The minimum absolute atomic E-state index is 0.297. The first kappa shape index (κ1) is 23.1. The highest BCUT2D eigenvalue weighted by Crippen LogP contribution is 2.36. The van der Waals surface area contributed by atoms with Crippen LogP contribution in [0.2, 0.25) is 25.7 Å². The summed E-state index contributed by atoms with van der Waals surface area (Å²) in [7, 11) is -0.254. The number of ether oxygens (including phenoxy) is 2. The van der Waals surface area contributed by atoms with Crippen LogP contribution in [0.15, 0.2) is 24.3 Å². The van der Waals surface area contributed by atoms with Gasteiger partial charge in [0.15, 0.2) is 0 Å². The van der Waals surface area contributed by atoms with Gasteiger partial charge in [0.25, 0.3) is 0 Å². The van der Waals surface area contributed by atoms with Crippen LogP contribution in [0.4, 0.5) is 0 Å². The fourth-order valence-electron chi connectivity index (χ4n) is 3.34. The van der Waals surface area contributed by atoms with Gasteiger partial charge in [0, 0.05) is 20.1 Å². The van der Waals surface area contributed by atoms with E-state index in [0.717, 1.165) is 22.4 Å². The Labute approximate surface area is 181 Å². The zero-order valence-corrected chi connectivity index (χ0v) is 20.5. The van der Waals surface area contributed by atoms with Gasteiger partial charge in [0.2, 0.25) is 0 Å². The Morgan fingerprint density at radius 1 is 1.10 bits per heavy atom. The van der Waals surface area contributed by atoms with Crippen LogP contribution in [-0.2, 0) is 25.5 Å². The first-order chi connectivity index (χ1) is 13.8. The molecule has 30 heavy (non-hydrogen) atoms. The zero-order chi connectivity index (χ0) is 22.3. The highest BCUT2D eigenvalue weighted by Gasteiger charge is 2.51. The summed E-state index contributed by atoms with van der Waals surface area (Å²) in [5.41, 5.74) is 1.47. The van der Waals surface area contributed by atoms with Gasteiger partial charge in [-0.1, -0.05) is 31.8 Å². The Morgan fingerprint density at radius 2 is 1.73 bits per heavy atom. The highest BCUT2D eigenvalue weighted by atomic mass is 28.3. The SMILES string of the molecule is COC(=O)c1cc2ccc(B3OC(C)(C)C(C)(C)O3)cc2n1COCC[Si](C)(C)C. The Balaban J connectivity index is 1.92. The number of nitrogens with zero attached hydrogens (tertiary/aromatic N) is 1. The van der Waals surface area contributed by atoms with Crippen LogP contribution < -0.4 is 5.46 Å². The maximum atomic E-state index is 12.4. The second-order valence-corrected chi connectivity index (χ2v) is 15.8. The van der Waals surface area contributed by atoms with E-state index in [1.807, 2.05) is 56.5 Å². The fourth-order valence-corrected chi connectivity index (χ4v) is 4.10. The predicted octanol–water partition coefficient (Wildman–Crippen LogP) is 4.04. The molecule has 2 aromatic rings. The molecule has 6 nitrogen and oxygen atoms in total. The third-order valence-electron chi connectivity index (χ3n) is 6.07. The van der Waals surface area contributed by atoms with Crippen molar-refractivity contribution in [2.24, 2.45) is 0 Å². The number of hydrogen-bond acceptors (Lipinski definition) is 5. The van der Waals surface area contributed by atoms with Crippen LogP contribution in [0.25, 0.3) is 10.9 Å². The molecule has 0 bridgehead atoms. The molecule has 8 heteroatoms. The van der Waals surface area contributed by atoms with E-state index >= 15 is 0 Å². The number of carbonyl (C=O) groups excluding carboxylic acids is 1. The summed E-state index contributed by atoms with van der Waals surface area (Å²) in [4.78, 5) is 12.4. The van der Waals surface area contributed by atoms with Gasteiger partial charge in [0.05, 0.1) is 23.8 Å². The lowest BCUT2D eigenvalue weighted by Crippen LogP contribution is -2.41. The molecule has 0 radical (unpaired) electrons. The Bertz CT molecular complexity index is 915. The average Bonchev–Trinajstić information content (AvgIpc) is 3.10. The van der Waals surface area contributed by atoms with Gasteiger partial charge in [-0.15, -0.1) is 0 Å². The predicted molar refractivity (Wildman–Crippen MR) is 123 cm³/mol. The number of methoxy groups -OCH3 is 1. The maximum Gasteiger partial charge on any atom is 0.494 e. The van der Waals surface area contributed by atoms with Crippen LogP contribution in [-0.4, -0.2) is 50.6 Å². The van der Waals surface area contributed by atoms with Crippen molar-refractivity contribution in [1.29, 1.82) is 0 Å². The van der Waals surface area contributed by atoms with Crippen molar-refractivity contribution in [2.45, 2.75) is 71.3 Å². The minimum Gasteiger partial charge on any atom is -0.464 e. The van der Waals surface area contributed by atoms with Crippen molar-refractivity contribution in [3.8, 4) is 0 Å². The second kappa shape index (κ2) is 8.15. The third-order valence-corrected chi connectivity index (χ3v) is 7.77. The molecule has 1 aliphatic rings. The van der Waals surface area contributed by atoms with Crippen molar-refractivity contribution in [3.05, 3.63) is 30.0 Å². The minimum atomic E-state index is -1.19. The smallest absolute Gasteiger partial charge is 0.464 e. The molecule has 2 heterocycles. The van der Waals surface area contributed by atoms with Crippen LogP contribution in [0.3, 0.4) is 0 Å². The van der Waals surface area contributed by atoms with E-state index in [1.165, 1.54) is 7.11 Å². The standard InChI is InChI=1S/C22H34BNO5Si/c1-21(2)22(3,4)29-23(28-21)17-10-9-16-13-19(20(25)26-5)24(18(16)14-17)15-27-11-12-30(6,7)8/h9-10,13-14H,11-12,15H2,1-8H3. The fraction of sp³-hybridized carbons (Fsp3) is 0.591. The lowest BCUT2D eigenvalue weighted by molar-refractivity contribution is 0.00578. The van der Waals surface area contributed by atoms with Crippen molar-refractivity contribution in [2.75, 3.05) is 13.7 Å². The topological polar surface area (TPSA) is 58.9 Å². The zero-order valence-electron chi connectivity index (χ0n) is 19.5. The highest BCUT2D eigenvalue weighted by molar-refractivity contribution is 6.76. The summed E-state index contributed by atoms with van der Waals surface area (Å²) in [6.07, 6.45) is 0. The molecule has 1 saturated heterocycles. The lowest BCUT2D eigenvalue weighted by Gasteiger charge is -2.32. The molecule has 1 aromatic carbocycles. The van der Waals surface area contributed by atoms with Gasteiger partial charge >= 0.3 is 13.1 Å². The van der Waals surface area contributed by atoms with Crippen molar-refractivity contribution in [3.63, 3.8) is 0 Å². The van der Waals surface area contributed by atoms with E-state index in [-0.39, 0.29) is 5.97 Å². The molecular weight excluding hydrogens is 397 g/mol. The van der Waals surface area contributed by atoms with Gasteiger partial charge in [-0.25, -0.2) is 4.79 Å². The van der Waals surface area contributed by atoms with Gasteiger partial charge in [0.1, 0.15) is 12.4 Å². The van der Waals surface area contributed by atoms with E-state index in [1.54, 1.807) is 0 Å². The van der Waals surface area contributed by atoms with Crippen molar-refractivity contribution >= 4 is 37.5 Å². The molecule has 0 N–H and O–H groups in total. The first-order valence-corrected chi connectivity index (χ1v) is 14.2. The molecule has 0 spiro atoms. The lowest BCUT2D eigenvalue weighted by atomic mass is 9.79. The van der Waals surface area contributed by atoms with Gasteiger partial charge < -0.3 is 23.3 Å². The number of fused-ring (bicyclic) bond motifs is 1. The van der Waals surface area contributed by atoms with Crippen molar-refractivity contribution < 1.29 is 23.6 Å². The van der Waals surface area contributed by atoms with Gasteiger partial charge in [-0.3, -0.25) is 0 Å². The number of rotatable bonds is 7. The van der Waals surface area contributed by atoms with E-state index < -0.39 is 26.4 Å². The Morgan fingerprint density at radius 3 is 2.30 bits per heavy atom. The van der Waals surface area contributed by atoms with Crippen LogP contribution in [0.1, 0.15) is 38.2 Å². The maximum absolute atomic E-state index is 12.4. The number of aromatic nitrogens is 1. The number of esters is 1. The van der Waals surface area contributed by atoms with E-state index in [0.29, 0.717) is 19.0 Å². The number of benzene rings is 1. The monoisotopic (exact) mass is 431 g/mol. The summed E-state index contributed by atoms with van der Waals surface area (Å²) >= 11 is 0. The number of carbonyl (C=O) groups is 1.